The maximum absolute atomic E-state index is 12.4. The first-order valence-electron chi connectivity index (χ1n) is 10.9. The Morgan fingerprint density at radius 2 is 1.91 bits per heavy atom. The monoisotopic (exact) mass is 470 g/mol. The van der Waals surface area contributed by atoms with Gasteiger partial charge in [0.1, 0.15) is 30.7 Å². The van der Waals surface area contributed by atoms with E-state index in [2.05, 4.69) is 0 Å². The van der Waals surface area contributed by atoms with Crippen LogP contribution in [0.4, 0.5) is 0 Å². The van der Waals surface area contributed by atoms with Crippen molar-refractivity contribution in [3.63, 3.8) is 0 Å². The summed E-state index contributed by atoms with van der Waals surface area (Å²) in [6.07, 6.45) is -1.28. The summed E-state index contributed by atoms with van der Waals surface area (Å²) in [5, 5.41) is 40.3. The summed E-state index contributed by atoms with van der Waals surface area (Å²) in [4.78, 5) is 35.9. The topological polar surface area (TPSA) is 169 Å². The lowest BCUT2D eigenvalue weighted by Gasteiger charge is -2.41. The summed E-state index contributed by atoms with van der Waals surface area (Å²) < 4.78 is 21.8. The standard InChI is InChI=1S/C22H30O11/c1-12(24)31-19-18(27)17(26)15(10-23)33-20(19)32-14-7-3-2-6-13(14)11-30-21(28)22(29)9-5-4-8-16(22)25/h5,9,15,17-20,23,26-27,29H,2-4,6-8,10-11H2,1H3/t15-,17-,18+,19-,20-,22?/m1/s1. The van der Waals surface area contributed by atoms with E-state index in [1.165, 1.54) is 0 Å². The molecule has 0 aromatic rings. The lowest BCUT2D eigenvalue weighted by molar-refractivity contribution is -0.295. The van der Waals surface area contributed by atoms with Crippen LogP contribution in [0.3, 0.4) is 0 Å². The molecule has 0 spiro atoms. The molecule has 1 unspecified atom stereocenters. The first-order valence-corrected chi connectivity index (χ1v) is 10.9. The Morgan fingerprint density at radius 1 is 1.18 bits per heavy atom. The summed E-state index contributed by atoms with van der Waals surface area (Å²) in [6, 6.07) is 0. The third-order valence-corrected chi connectivity index (χ3v) is 5.92. The van der Waals surface area contributed by atoms with Crippen LogP contribution in [0.1, 0.15) is 45.4 Å². The zero-order valence-corrected chi connectivity index (χ0v) is 18.3. The van der Waals surface area contributed by atoms with Crippen molar-refractivity contribution < 1.29 is 53.8 Å². The molecular formula is C22H30O11. The Kier molecular flexibility index (Phi) is 8.24. The SMILES string of the molecule is CC(=O)O[C@H]1[C@H](OC2=C(COC(=O)C3(O)C=CCCC3=O)CCCC2)O[C@H](CO)[C@@H](O)[C@@H]1O. The van der Waals surface area contributed by atoms with Gasteiger partial charge < -0.3 is 39.4 Å². The normalized spacial score (nSPS) is 34.7. The molecule has 0 amide bonds. The van der Waals surface area contributed by atoms with Gasteiger partial charge in [-0.3, -0.25) is 9.59 Å². The number of ketones is 1. The van der Waals surface area contributed by atoms with Crippen LogP contribution >= 0.6 is 0 Å². The van der Waals surface area contributed by atoms with Gasteiger partial charge >= 0.3 is 11.9 Å². The molecule has 6 atom stereocenters. The highest BCUT2D eigenvalue weighted by Crippen LogP contribution is 2.32. The van der Waals surface area contributed by atoms with Crippen LogP contribution < -0.4 is 0 Å². The first kappa shape index (κ1) is 25.3. The molecule has 3 aliphatic rings. The van der Waals surface area contributed by atoms with Gasteiger partial charge in [0.2, 0.25) is 11.9 Å². The zero-order chi connectivity index (χ0) is 24.2. The second-order valence-corrected chi connectivity index (χ2v) is 8.34. The number of carbonyl (C=O) groups is 3. The Morgan fingerprint density at radius 3 is 2.58 bits per heavy atom. The van der Waals surface area contributed by atoms with Crippen LogP contribution in [0.25, 0.3) is 0 Å². The summed E-state index contributed by atoms with van der Waals surface area (Å²) in [5.41, 5.74) is -1.73. The Hall–Kier alpha value is -2.31. The molecule has 0 saturated carbocycles. The van der Waals surface area contributed by atoms with Gasteiger partial charge in [0, 0.05) is 25.3 Å². The summed E-state index contributed by atoms with van der Waals surface area (Å²) in [7, 11) is 0. The summed E-state index contributed by atoms with van der Waals surface area (Å²) in [6.45, 7) is 0.288. The fraction of sp³-hybridized carbons (Fsp3) is 0.682. The number of Topliss-reactive ketones (excluding diaryl/α,β-unsaturated/α-hetero) is 1. The van der Waals surface area contributed by atoms with Crippen LogP contribution in [0, 0.1) is 0 Å². The molecule has 3 rings (SSSR count). The average molecular weight is 470 g/mol. The lowest BCUT2D eigenvalue weighted by atomic mass is 9.90. The fourth-order valence-corrected chi connectivity index (χ4v) is 4.04. The van der Waals surface area contributed by atoms with Gasteiger partial charge in [-0.2, -0.15) is 0 Å². The number of rotatable bonds is 7. The van der Waals surface area contributed by atoms with Crippen molar-refractivity contribution in [3.8, 4) is 0 Å². The third-order valence-electron chi connectivity index (χ3n) is 5.92. The molecule has 11 nitrogen and oxygen atoms in total. The van der Waals surface area contributed by atoms with Crippen molar-refractivity contribution >= 4 is 17.7 Å². The predicted molar refractivity (Wildman–Crippen MR) is 109 cm³/mol. The van der Waals surface area contributed by atoms with Crippen LogP contribution in [0.15, 0.2) is 23.5 Å². The number of hydrogen-bond acceptors (Lipinski definition) is 11. The van der Waals surface area contributed by atoms with Crippen LogP contribution in [-0.2, 0) is 33.3 Å². The lowest BCUT2D eigenvalue weighted by Crippen LogP contribution is -2.60. The molecule has 2 aliphatic carbocycles. The highest BCUT2D eigenvalue weighted by atomic mass is 16.7. The Balaban J connectivity index is 1.75. The van der Waals surface area contributed by atoms with Crippen LogP contribution in [-0.4, -0.2) is 87.7 Å². The third kappa shape index (κ3) is 5.61. The fourth-order valence-electron chi connectivity index (χ4n) is 4.04. The molecule has 184 valence electrons. The number of hydrogen-bond donors (Lipinski definition) is 4. The molecule has 4 N–H and O–H groups in total. The summed E-state index contributed by atoms with van der Waals surface area (Å²) >= 11 is 0. The molecule has 1 fully saturated rings. The average Bonchev–Trinajstić information content (AvgIpc) is 2.79. The van der Waals surface area contributed by atoms with Gasteiger partial charge in [0.25, 0.3) is 0 Å². The molecule has 0 aromatic heterocycles. The van der Waals surface area contributed by atoms with Crippen molar-refractivity contribution in [2.75, 3.05) is 13.2 Å². The second kappa shape index (κ2) is 10.7. The van der Waals surface area contributed by atoms with Crippen molar-refractivity contribution in [1.29, 1.82) is 0 Å². The Bertz CT molecular complexity index is 819. The second-order valence-electron chi connectivity index (χ2n) is 8.34. The van der Waals surface area contributed by atoms with E-state index in [9.17, 15) is 34.8 Å². The van der Waals surface area contributed by atoms with Crippen molar-refractivity contribution in [3.05, 3.63) is 23.5 Å². The minimum atomic E-state index is -2.31. The van der Waals surface area contributed by atoms with Crippen LogP contribution in [0.5, 0.6) is 0 Å². The van der Waals surface area contributed by atoms with Gasteiger partial charge in [-0.1, -0.05) is 6.08 Å². The van der Waals surface area contributed by atoms with E-state index < -0.39 is 60.6 Å². The zero-order valence-electron chi connectivity index (χ0n) is 18.3. The van der Waals surface area contributed by atoms with E-state index in [0.29, 0.717) is 30.6 Å². The highest BCUT2D eigenvalue weighted by molar-refractivity contribution is 6.09. The maximum Gasteiger partial charge on any atom is 0.350 e. The summed E-state index contributed by atoms with van der Waals surface area (Å²) in [5.74, 6) is -2.05. The van der Waals surface area contributed by atoms with Gasteiger partial charge in [-0.15, -0.1) is 0 Å². The maximum atomic E-state index is 12.4. The van der Waals surface area contributed by atoms with Gasteiger partial charge in [-0.25, -0.2) is 4.79 Å². The minimum Gasteiger partial charge on any atom is -0.465 e. The number of allylic oxidation sites excluding steroid dienone is 2. The van der Waals surface area contributed by atoms with E-state index in [1.54, 1.807) is 6.08 Å². The van der Waals surface area contributed by atoms with E-state index in [4.69, 9.17) is 18.9 Å². The first-order chi connectivity index (χ1) is 15.7. The van der Waals surface area contributed by atoms with Crippen molar-refractivity contribution in [2.45, 2.75) is 81.8 Å². The van der Waals surface area contributed by atoms with E-state index in [-0.39, 0.29) is 13.0 Å². The van der Waals surface area contributed by atoms with Crippen molar-refractivity contribution in [1.82, 2.24) is 0 Å². The minimum absolute atomic E-state index is 0.0376. The van der Waals surface area contributed by atoms with E-state index >= 15 is 0 Å². The number of aliphatic hydroxyl groups is 4. The van der Waals surface area contributed by atoms with Crippen molar-refractivity contribution in [2.24, 2.45) is 0 Å². The molecule has 1 heterocycles. The molecule has 1 aliphatic heterocycles. The van der Waals surface area contributed by atoms with Gasteiger partial charge in [-0.05, 0) is 31.8 Å². The number of carbonyl (C=O) groups excluding carboxylic acids is 3. The highest BCUT2D eigenvalue weighted by Gasteiger charge is 2.48. The molecule has 0 aromatic carbocycles. The molecule has 33 heavy (non-hydrogen) atoms. The smallest absolute Gasteiger partial charge is 0.350 e. The predicted octanol–water partition coefficient (Wildman–Crippen LogP) is -0.605. The van der Waals surface area contributed by atoms with E-state index in [0.717, 1.165) is 25.8 Å². The number of aliphatic hydroxyl groups excluding tert-OH is 3. The molecule has 1 saturated heterocycles. The number of ether oxygens (including phenoxy) is 4. The van der Waals surface area contributed by atoms with Gasteiger partial charge in [0.05, 0.1) is 6.61 Å². The Labute approximate surface area is 190 Å². The molecule has 11 heteroatoms. The largest absolute Gasteiger partial charge is 0.465 e. The van der Waals surface area contributed by atoms with Crippen LogP contribution in [0.2, 0.25) is 0 Å². The molecule has 0 radical (unpaired) electrons. The van der Waals surface area contributed by atoms with E-state index in [1.807, 2.05) is 0 Å². The quantitative estimate of drug-likeness (QED) is 0.213. The molecular weight excluding hydrogens is 440 g/mol. The number of esters is 2. The molecule has 0 bridgehead atoms. The van der Waals surface area contributed by atoms with Gasteiger partial charge in [0.15, 0.2) is 11.9 Å².